The van der Waals surface area contributed by atoms with Crippen molar-refractivity contribution in [2.24, 2.45) is 4.99 Å². The van der Waals surface area contributed by atoms with Crippen molar-refractivity contribution in [1.29, 1.82) is 0 Å². The van der Waals surface area contributed by atoms with Crippen LogP contribution in [0.4, 0.5) is 0 Å². The molecule has 1 aliphatic heterocycles. The van der Waals surface area contributed by atoms with E-state index in [9.17, 15) is 0 Å². The standard InChI is InChI=1S/C20H37N5O.HI/c1-6-16(7-2)19-13-18(26-24-19)14-22-20(21-8-3)23-17-9-11-25(12-10-17)15(4)5;/h13,15-17H,6-12,14H2,1-5H3,(H2,21,22,23);1H. The largest absolute Gasteiger partial charge is 0.359 e. The molecule has 0 radical (unpaired) electrons. The third-order valence-corrected chi connectivity index (χ3v) is 5.32. The number of aliphatic imine (C=N–C) groups is 1. The lowest BCUT2D eigenvalue weighted by atomic mass is 9.99. The van der Waals surface area contributed by atoms with E-state index in [-0.39, 0.29) is 24.0 Å². The molecule has 0 amide bonds. The first-order valence-corrected chi connectivity index (χ1v) is 10.3. The van der Waals surface area contributed by atoms with Crippen molar-refractivity contribution in [2.75, 3.05) is 19.6 Å². The number of rotatable bonds is 8. The molecule has 1 aliphatic rings. The molecular weight excluding hydrogens is 453 g/mol. The number of nitrogens with one attached hydrogen (secondary N) is 2. The Morgan fingerprint density at radius 1 is 1.26 bits per heavy atom. The second kappa shape index (κ2) is 12.6. The normalized spacial score (nSPS) is 16.6. The van der Waals surface area contributed by atoms with E-state index in [0.717, 1.165) is 62.7 Å². The van der Waals surface area contributed by atoms with Crippen LogP contribution in [0, 0.1) is 0 Å². The Balaban J connectivity index is 0.00000364. The summed E-state index contributed by atoms with van der Waals surface area (Å²) in [5.74, 6) is 2.18. The van der Waals surface area contributed by atoms with Crippen LogP contribution in [0.25, 0.3) is 0 Å². The molecule has 0 atom stereocenters. The topological polar surface area (TPSA) is 65.7 Å². The molecule has 0 bridgehead atoms. The number of piperidine rings is 1. The number of hydrogen-bond acceptors (Lipinski definition) is 4. The summed E-state index contributed by atoms with van der Waals surface area (Å²) in [5, 5.41) is 11.2. The molecule has 0 spiro atoms. The number of guanidine groups is 1. The molecule has 2 rings (SSSR count). The van der Waals surface area contributed by atoms with Gasteiger partial charge in [0.1, 0.15) is 6.54 Å². The van der Waals surface area contributed by atoms with Crippen LogP contribution < -0.4 is 10.6 Å². The molecule has 1 aromatic heterocycles. The molecule has 0 saturated carbocycles. The van der Waals surface area contributed by atoms with Crippen LogP contribution in [0.5, 0.6) is 0 Å². The van der Waals surface area contributed by atoms with E-state index in [2.05, 4.69) is 61.4 Å². The highest BCUT2D eigenvalue weighted by Gasteiger charge is 2.21. The van der Waals surface area contributed by atoms with Crippen molar-refractivity contribution in [3.63, 3.8) is 0 Å². The van der Waals surface area contributed by atoms with Gasteiger partial charge >= 0.3 is 0 Å². The second-order valence-electron chi connectivity index (χ2n) is 7.48. The zero-order valence-electron chi connectivity index (χ0n) is 17.6. The van der Waals surface area contributed by atoms with E-state index in [0.29, 0.717) is 24.5 Å². The Kier molecular flexibility index (Phi) is 11.3. The zero-order chi connectivity index (χ0) is 18.9. The van der Waals surface area contributed by atoms with Crippen LogP contribution in [0.2, 0.25) is 0 Å². The van der Waals surface area contributed by atoms with Crippen molar-refractivity contribution in [3.05, 3.63) is 17.5 Å². The minimum atomic E-state index is 0. The molecule has 27 heavy (non-hydrogen) atoms. The molecule has 2 heterocycles. The lowest BCUT2D eigenvalue weighted by molar-refractivity contribution is 0.167. The molecule has 7 heteroatoms. The molecule has 2 N–H and O–H groups in total. The van der Waals surface area contributed by atoms with Gasteiger partial charge in [-0.15, -0.1) is 24.0 Å². The van der Waals surface area contributed by atoms with E-state index in [1.165, 1.54) is 0 Å². The summed E-state index contributed by atoms with van der Waals surface area (Å²) < 4.78 is 5.49. The van der Waals surface area contributed by atoms with Gasteiger partial charge in [0.05, 0.1) is 5.69 Å². The fraction of sp³-hybridized carbons (Fsp3) is 0.800. The lowest BCUT2D eigenvalue weighted by Crippen LogP contribution is -2.49. The van der Waals surface area contributed by atoms with E-state index in [1.807, 2.05) is 0 Å². The fourth-order valence-electron chi connectivity index (χ4n) is 3.53. The number of hydrogen-bond donors (Lipinski definition) is 2. The Morgan fingerprint density at radius 2 is 1.93 bits per heavy atom. The maximum atomic E-state index is 5.49. The average Bonchev–Trinajstić information content (AvgIpc) is 3.10. The van der Waals surface area contributed by atoms with Crippen molar-refractivity contribution < 1.29 is 4.52 Å². The van der Waals surface area contributed by atoms with E-state index < -0.39 is 0 Å². The first-order valence-electron chi connectivity index (χ1n) is 10.3. The van der Waals surface area contributed by atoms with E-state index in [1.54, 1.807) is 0 Å². The molecule has 6 nitrogen and oxygen atoms in total. The van der Waals surface area contributed by atoms with Gasteiger partial charge in [0, 0.05) is 43.7 Å². The summed E-state index contributed by atoms with van der Waals surface area (Å²) in [6.07, 6.45) is 4.49. The number of likely N-dealkylation sites (tertiary alicyclic amines) is 1. The van der Waals surface area contributed by atoms with Crippen LogP contribution in [0.15, 0.2) is 15.6 Å². The Labute approximate surface area is 181 Å². The summed E-state index contributed by atoms with van der Waals surface area (Å²) in [6, 6.07) is 3.18. The third-order valence-electron chi connectivity index (χ3n) is 5.32. The van der Waals surface area contributed by atoms with Crippen LogP contribution in [0.3, 0.4) is 0 Å². The van der Waals surface area contributed by atoms with Gasteiger partial charge in [-0.1, -0.05) is 19.0 Å². The molecule has 0 aromatic carbocycles. The van der Waals surface area contributed by atoms with Crippen LogP contribution in [-0.2, 0) is 6.54 Å². The van der Waals surface area contributed by atoms with Gasteiger partial charge < -0.3 is 20.1 Å². The minimum absolute atomic E-state index is 0. The highest BCUT2D eigenvalue weighted by Crippen LogP contribution is 2.22. The van der Waals surface area contributed by atoms with Gasteiger partial charge in [0.15, 0.2) is 11.7 Å². The van der Waals surface area contributed by atoms with Crippen LogP contribution in [0.1, 0.15) is 77.7 Å². The summed E-state index contributed by atoms with van der Waals surface area (Å²) in [5.41, 5.74) is 1.05. The number of halogens is 1. The maximum Gasteiger partial charge on any atom is 0.191 e. The molecule has 1 aromatic rings. The summed E-state index contributed by atoms with van der Waals surface area (Å²) >= 11 is 0. The van der Waals surface area contributed by atoms with Gasteiger partial charge in [-0.05, 0) is 46.5 Å². The van der Waals surface area contributed by atoms with Gasteiger partial charge in [0.2, 0.25) is 0 Å². The third kappa shape index (κ3) is 7.60. The monoisotopic (exact) mass is 491 g/mol. The molecule has 0 aliphatic carbocycles. The predicted molar refractivity (Wildman–Crippen MR) is 123 cm³/mol. The zero-order valence-corrected chi connectivity index (χ0v) is 20.0. The molecule has 1 fully saturated rings. The van der Waals surface area contributed by atoms with Crippen LogP contribution in [-0.4, -0.2) is 47.7 Å². The SMILES string of the molecule is CCNC(=NCc1cc(C(CC)CC)no1)NC1CCN(C(C)C)CC1.I. The predicted octanol–water partition coefficient (Wildman–Crippen LogP) is 4.12. The molecule has 1 saturated heterocycles. The molecular formula is C20H38IN5O. The van der Waals surface area contributed by atoms with Crippen LogP contribution >= 0.6 is 24.0 Å². The summed E-state index contributed by atoms with van der Waals surface area (Å²) in [4.78, 5) is 7.24. The first-order chi connectivity index (χ1) is 12.6. The maximum absolute atomic E-state index is 5.49. The highest BCUT2D eigenvalue weighted by atomic mass is 127. The van der Waals surface area contributed by atoms with Gasteiger partial charge in [-0.3, -0.25) is 0 Å². The fourth-order valence-corrected chi connectivity index (χ4v) is 3.53. The van der Waals surface area contributed by atoms with Crippen molar-refractivity contribution in [2.45, 2.75) is 84.8 Å². The average molecular weight is 491 g/mol. The van der Waals surface area contributed by atoms with Gasteiger partial charge in [-0.2, -0.15) is 0 Å². The van der Waals surface area contributed by atoms with Gasteiger partial charge in [-0.25, -0.2) is 4.99 Å². The highest BCUT2D eigenvalue weighted by molar-refractivity contribution is 14.0. The molecule has 156 valence electrons. The van der Waals surface area contributed by atoms with Crippen molar-refractivity contribution in [3.8, 4) is 0 Å². The Hall–Kier alpha value is -0.830. The first kappa shape index (κ1) is 24.2. The quantitative estimate of drug-likeness (QED) is 0.325. The van der Waals surface area contributed by atoms with Crippen molar-refractivity contribution >= 4 is 29.9 Å². The summed E-state index contributed by atoms with van der Waals surface area (Å²) in [6.45, 7) is 14.7. The second-order valence-corrected chi connectivity index (χ2v) is 7.48. The smallest absolute Gasteiger partial charge is 0.191 e. The van der Waals surface area contributed by atoms with Crippen molar-refractivity contribution in [1.82, 2.24) is 20.7 Å². The molecule has 0 unspecified atom stereocenters. The Bertz CT molecular complexity index is 548. The number of nitrogens with zero attached hydrogens (tertiary/aromatic N) is 3. The minimum Gasteiger partial charge on any atom is -0.359 e. The number of aromatic nitrogens is 1. The summed E-state index contributed by atoms with van der Waals surface area (Å²) in [7, 11) is 0. The van der Waals surface area contributed by atoms with Gasteiger partial charge in [0.25, 0.3) is 0 Å². The van der Waals surface area contributed by atoms with E-state index >= 15 is 0 Å². The van der Waals surface area contributed by atoms with E-state index in [4.69, 9.17) is 9.52 Å². The Morgan fingerprint density at radius 3 is 2.48 bits per heavy atom. The lowest BCUT2D eigenvalue weighted by Gasteiger charge is -2.35.